The number of aromatic nitrogens is 1. The van der Waals surface area contributed by atoms with E-state index in [4.69, 9.17) is 14.2 Å². The first-order chi connectivity index (χ1) is 13.8. The Bertz CT molecular complexity index is 1000. The van der Waals surface area contributed by atoms with Gasteiger partial charge in [0.2, 0.25) is 0 Å². The molecular weight excluding hydrogens is 395 g/mol. The van der Waals surface area contributed by atoms with Crippen molar-refractivity contribution >= 4 is 22.4 Å². The Labute approximate surface area is 172 Å². The van der Waals surface area contributed by atoms with E-state index in [9.17, 15) is 9.18 Å². The minimum Gasteiger partial charge on any atom is -0.497 e. The molecule has 0 unspecified atom stereocenters. The van der Waals surface area contributed by atoms with Gasteiger partial charge in [-0.05, 0) is 50.2 Å². The third-order valence-electron chi connectivity index (χ3n) is 4.14. The van der Waals surface area contributed by atoms with Crippen LogP contribution >= 0.6 is 11.3 Å². The average Bonchev–Trinajstić information content (AvgIpc) is 3.17. The van der Waals surface area contributed by atoms with Gasteiger partial charge in [-0.2, -0.15) is 0 Å². The molecular formula is C21H21FN2O4S. The van der Waals surface area contributed by atoms with Gasteiger partial charge in [-0.15, -0.1) is 11.3 Å². The monoisotopic (exact) mass is 416 g/mol. The van der Waals surface area contributed by atoms with E-state index in [-0.39, 0.29) is 11.7 Å². The van der Waals surface area contributed by atoms with Gasteiger partial charge < -0.3 is 14.2 Å². The highest BCUT2D eigenvalue weighted by molar-refractivity contribution is 7.14. The molecule has 0 bridgehead atoms. The number of rotatable bonds is 7. The van der Waals surface area contributed by atoms with Gasteiger partial charge in [-0.3, -0.25) is 10.1 Å². The van der Waals surface area contributed by atoms with Gasteiger partial charge in [0.15, 0.2) is 10.7 Å². The third-order valence-corrected chi connectivity index (χ3v) is 4.90. The molecule has 0 spiro atoms. The maximum absolute atomic E-state index is 13.0. The summed E-state index contributed by atoms with van der Waals surface area (Å²) in [4.78, 5) is 17.2. The Morgan fingerprint density at radius 3 is 2.41 bits per heavy atom. The molecule has 1 heterocycles. The fourth-order valence-corrected chi connectivity index (χ4v) is 3.26. The van der Waals surface area contributed by atoms with Crippen molar-refractivity contribution in [3.8, 4) is 28.5 Å². The molecule has 0 fully saturated rings. The second-order valence-electron chi connectivity index (χ2n) is 6.62. The van der Waals surface area contributed by atoms with Crippen LogP contribution in [0, 0.1) is 5.82 Å². The van der Waals surface area contributed by atoms with Crippen LogP contribution in [-0.4, -0.2) is 30.7 Å². The van der Waals surface area contributed by atoms with E-state index in [1.165, 1.54) is 35.6 Å². The number of hydrogen-bond donors (Lipinski definition) is 1. The van der Waals surface area contributed by atoms with Gasteiger partial charge in [-0.1, -0.05) is 0 Å². The minimum absolute atomic E-state index is 0.371. The summed E-state index contributed by atoms with van der Waals surface area (Å²) in [5.74, 6) is 0.948. The maximum Gasteiger partial charge on any atom is 0.269 e. The van der Waals surface area contributed by atoms with Crippen LogP contribution in [0.2, 0.25) is 0 Å². The smallest absolute Gasteiger partial charge is 0.269 e. The number of anilines is 1. The standard InChI is InChI=1S/C21H21FN2O4S/c1-21(2,28-14-7-5-13(22)6-8-14)19(25)24-20-23-17(12-29-20)16-10-9-15(26-3)11-18(16)27-4/h5-12H,1-4H3,(H,23,24,25). The van der Waals surface area contributed by atoms with Gasteiger partial charge >= 0.3 is 0 Å². The number of nitrogens with one attached hydrogen (secondary N) is 1. The zero-order valence-corrected chi connectivity index (χ0v) is 17.3. The summed E-state index contributed by atoms with van der Waals surface area (Å²) in [5.41, 5.74) is 0.274. The summed E-state index contributed by atoms with van der Waals surface area (Å²) < 4.78 is 29.4. The van der Waals surface area contributed by atoms with E-state index < -0.39 is 5.60 Å². The number of halogens is 1. The van der Waals surface area contributed by atoms with E-state index in [0.717, 1.165) is 5.56 Å². The van der Waals surface area contributed by atoms with Crippen molar-refractivity contribution in [2.75, 3.05) is 19.5 Å². The normalized spacial score (nSPS) is 11.1. The van der Waals surface area contributed by atoms with Crippen LogP contribution in [0.3, 0.4) is 0 Å². The molecule has 0 saturated heterocycles. The summed E-state index contributed by atoms with van der Waals surface area (Å²) in [6.45, 7) is 3.26. The van der Waals surface area contributed by atoms with Crippen LogP contribution in [-0.2, 0) is 4.79 Å². The Kier molecular flexibility index (Phi) is 6.03. The van der Waals surface area contributed by atoms with E-state index in [2.05, 4.69) is 10.3 Å². The summed E-state index contributed by atoms with van der Waals surface area (Å²) in [5, 5.41) is 5.02. The molecule has 2 aromatic carbocycles. The van der Waals surface area contributed by atoms with Crippen molar-refractivity contribution in [3.05, 3.63) is 53.7 Å². The Balaban J connectivity index is 1.74. The molecule has 0 saturated carbocycles. The molecule has 1 N–H and O–H groups in total. The predicted molar refractivity (Wildman–Crippen MR) is 110 cm³/mol. The van der Waals surface area contributed by atoms with E-state index in [1.54, 1.807) is 34.1 Å². The zero-order valence-electron chi connectivity index (χ0n) is 16.5. The maximum atomic E-state index is 13.0. The number of ether oxygens (including phenoxy) is 3. The van der Waals surface area contributed by atoms with Gasteiger partial charge in [0.05, 0.1) is 19.9 Å². The van der Waals surface area contributed by atoms with Crippen LogP contribution in [0.5, 0.6) is 17.2 Å². The SMILES string of the molecule is COc1ccc(-c2csc(NC(=O)C(C)(C)Oc3ccc(F)cc3)n2)c(OC)c1. The molecule has 3 aromatic rings. The highest BCUT2D eigenvalue weighted by Gasteiger charge is 2.31. The van der Waals surface area contributed by atoms with E-state index >= 15 is 0 Å². The van der Waals surface area contributed by atoms with Crippen molar-refractivity contribution in [2.24, 2.45) is 0 Å². The lowest BCUT2D eigenvalue weighted by Crippen LogP contribution is -2.42. The van der Waals surface area contributed by atoms with Crippen molar-refractivity contribution in [2.45, 2.75) is 19.4 Å². The Hall–Kier alpha value is -3.13. The molecule has 152 valence electrons. The molecule has 0 atom stereocenters. The van der Waals surface area contributed by atoms with Crippen LogP contribution in [0.25, 0.3) is 11.3 Å². The van der Waals surface area contributed by atoms with Crippen LogP contribution in [0.1, 0.15) is 13.8 Å². The minimum atomic E-state index is -1.18. The Morgan fingerprint density at radius 2 is 1.76 bits per heavy atom. The molecule has 0 aliphatic carbocycles. The van der Waals surface area contributed by atoms with Crippen molar-refractivity contribution in [1.29, 1.82) is 0 Å². The summed E-state index contributed by atoms with van der Waals surface area (Å²) in [6, 6.07) is 10.9. The Morgan fingerprint density at radius 1 is 1.07 bits per heavy atom. The fraction of sp³-hybridized carbons (Fsp3) is 0.238. The second kappa shape index (κ2) is 8.48. The number of methoxy groups -OCH3 is 2. The third kappa shape index (κ3) is 4.83. The first kappa shape index (κ1) is 20.6. The van der Waals surface area contributed by atoms with Gasteiger partial charge in [-0.25, -0.2) is 9.37 Å². The van der Waals surface area contributed by atoms with Crippen molar-refractivity contribution < 1.29 is 23.4 Å². The summed E-state index contributed by atoms with van der Waals surface area (Å²) in [7, 11) is 3.16. The van der Waals surface area contributed by atoms with Crippen molar-refractivity contribution in [3.63, 3.8) is 0 Å². The number of thiazole rings is 1. The van der Waals surface area contributed by atoms with Crippen LogP contribution in [0.15, 0.2) is 47.8 Å². The topological polar surface area (TPSA) is 69.7 Å². The molecule has 8 heteroatoms. The lowest BCUT2D eigenvalue weighted by molar-refractivity contribution is -0.128. The first-order valence-corrected chi connectivity index (χ1v) is 9.64. The number of hydrogen-bond acceptors (Lipinski definition) is 6. The lowest BCUT2D eigenvalue weighted by atomic mass is 10.1. The quantitative estimate of drug-likeness (QED) is 0.601. The van der Waals surface area contributed by atoms with Crippen LogP contribution in [0.4, 0.5) is 9.52 Å². The zero-order chi connectivity index (χ0) is 21.0. The number of amides is 1. The number of benzene rings is 2. The van der Waals surface area contributed by atoms with Crippen LogP contribution < -0.4 is 19.5 Å². The van der Waals surface area contributed by atoms with E-state index in [1.807, 2.05) is 17.5 Å². The molecule has 3 rings (SSSR count). The number of carbonyl (C=O) groups excluding carboxylic acids is 1. The van der Waals surface area contributed by atoms with Gasteiger partial charge in [0.1, 0.15) is 23.1 Å². The summed E-state index contributed by atoms with van der Waals surface area (Å²) in [6.07, 6.45) is 0. The molecule has 1 amide bonds. The molecule has 0 aliphatic rings. The number of carbonyl (C=O) groups is 1. The molecule has 29 heavy (non-hydrogen) atoms. The van der Waals surface area contributed by atoms with Gasteiger partial charge in [0, 0.05) is 17.0 Å². The molecule has 0 radical (unpaired) electrons. The van der Waals surface area contributed by atoms with E-state index in [0.29, 0.717) is 28.1 Å². The highest BCUT2D eigenvalue weighted by atomic mass is 32.1. The average molecular weight is 416 g/mol. The van der Waals surface area contributed by atoms with Crippen molar-refractivity contribution in [1.82, 2.24) is 4.98 Å². The molecule has 1 aromatic heterocycles. The largest absolute Gasteiger partial charge is 0.497 e. The summed E-state index contributed by atoms with van der Waals surface area (Å²) >= 11 is 1.29. The predicted octanol–water partition coefficient (Wildman–Crippen LogP) is 4.76. The first-order valence-electron chi connectivity index (χ1n) is 8.76. The second-order valence-corrected chi connectivity index (χ2v) is 7.48. The number of nitrogens with zero attached hydrogens (tertiary/aromatic N) is 1. The highest BCUT2D eigenvalue weighted by Crippen LogP contribution is 2.35. The lowest BCUT2D eigenvalue weighted by Gasteiger charge is -2.24. The molecule has 6 nitrogen and oxygen atoms in total. The molecule has 0 aliphatic heterocycles. The fourth-order valence-electron chi connectivity index (χ4n) is 2.56. The van der Waals surface area contributed by atoms with Gasteiger partial charge in [0.25, 0.3) is 5.91 Å².